The molecule has 10 heteroatoms. The Morgan fingerprint density at radius 3 is 2.90 bits per heavy atom. The number of amidine groups is 1. The van der Waals surface area contributed by atoms with Crippen LogP contribution < -0.4 is 16.2 Å². The molecule has 2 amide bonds. The first-order valence-electron chi connectivity index (χ1n) is 10.3. The number of piperidine rings is 1. The smallest absolute Gasteiger partial charge is 0.323 e. The number of nitrogens with zero attached hydrogens (tertiary/aromatic N) is 4. The number of likely N-dealkylation sites (tertiary alicyclic amines) is 1. The van der Waals surface area contributed by atoms with Gasteiger partial charge in [0, 0.05) is 30.4 Å². The molecule has 9 nitrogen and oxygen atoms in total. The maximum atomic E-state index is 14.8. The number of carbonyl (C=O) groups excluding carboxylic acids is 1. The fourth-order valence-corrected chi connectivity index (χ4v) is 5.06. The highest BCUT2D eigenvalue weighted by atomic mass is 19.1. The SMILES string of the molecule is Cc1noc(C23CC(C[C@@H](C)C2)N3C(=O)Nc2cc(C3=NC=CNN3)c(C)cc2F)n1. The van der Waals surface area contributed by atoms with Crippen LogP contribution in [-0.2, 0) is 5.54 Å². The molecule has 3 heterocycles. The fraction of sp³-hybridized carbons (Fsp3) is 0.429. The first kappa shape index (κ1) is 19.5. The summed E-state index contributed by atoms with van der Waals surface area (Å²) in [5.41, 5.74) is 6.63. The fourth-order valence-electron chi connectivity index (χ4n) is 5.06. The standard InChI is InChI=1S/C21H24FN7O2/c1-11-6-14-10-21(9-11,19-25-13(3)28-31-19)29(14)20(30)26-17-8-15(12(2)7-16(17)22)18-23-4-5-24-27-18/h4-5,7-8,11,14,24H,6,9-10H2,1-3H3,(H,23,27)(H,26,30)/t11-,14?,21?/m1/s1. The van der Waals surface area contributed by atoms with Crippen molar-refractivity contribution in [2.24, 2.45) is 10.9 Å². The highest BCUT2D eigenvalue weighted by Gasteiger charge is 2.62. The Morgan fingerprint density at radius 2 is 2.19 bits per heavy atom. The van der Waals surface area contributed by atoms with Crippen molar-refractivity contribution in [3.8, 4) is 0 Å². The number of aromatic nitrogens is 2. The van der Waals surface area contributed by atoms with Crippen molar-refractivity contribution in [1.29, 1.82) is 0 Å². The van der Waals surface area contributed by atoms with E-state index >= 15 is 0 Å². The van der Waals surface area contributed by atoms with Crippen LogP contribution in [0, 0.1) is 25.6 Å². The van der Waals surface area contributed by atoms with E-state index in [9.17, 15) is 9.18 Å². The number of aryl methyl sites for hydroxylation is 2. The lowest BCUT2D eigenvalue weighted by Crippen LogP contribution is -2.70. The van der Waals surface area contributed by atoms with Crippen molar-refractivity contribution < 1.29 is 13.7 Å². The van der Waals surface area contributed by atoms with Gasteiger partial charge in [-0.15, -0.1) is 0 Å². The molecule has 0 radical (unpaired) electrons. The summed E-state index contributed by atoms with van der Waals surface area (Å²) in [4.78, 5) is 23.7. The van der Waals surface area contributed by atoms with Gasteiger partial charge in [0.25, 0.3) is 5.89 Å². The summed E-state index contributed by atoms with van der Waals surface area (Å²) >= 11 is 0. The molecule has 162 valence electrons. The minimum atomic E-state index is -0.637. The van der Waals surface area contributed by atoms with Gasteiger partial charge in [0.15, 0.2) is 11.7 Å². The predicted molar refractivity (Wildman–Crippen MR) is 111 cm³/mol. The monoisotopic (exact) mass is 425 g/mol. The topological polar surface area (TPSA) is 108 Å². The van der Waals surface area contributed by atoms with E-state index in [0.29, 0.717) is 34.6 Å². The molecule has 1 aromatic heterocycles. The summed E-state index contributed by atoms with van der Waals surface area (Å²) in [5, 5.41) is 6.68. The number of carbonyl (C=O) groups is 1. The van der Waals surface area contributed by atoms with E-state index in [-0.39, 0.29) is 17.8 Å². The van der Waals surface area contributed by atoms with Gasteiger partial charge in [-0.2, -0.15) is 4.98 Å². The highest BCUT2D eigenvalue weighted by molar-refractivity contribution is 6.02. The van der Waals surface area contributed by atoms with Crippen LogP contribution in [-0.4, -0.2) is 32.9 Å². The lowest BCUT2D eigenvalue weighted by atomic mass is 9.64. The van der Waals surface area contributed by atoms with Crippen LogP contribution in [0.15, 0.2) is 34.0 Å². The van der Waals surface area contributed by atoms with E-state index in [4.69, 9.17) is 4.52 Å². The first-order chi connectivity index (χ1) is 14.9. The van der Waals surface area contributed by atoms with Gasteiger partial charge in [-0.25, -0.2) is 14.2 Å². The van der Waals surface area contributed by atoms with Crippen LogP contribution >= 0.6 is 0 Å². The molecule has 3 atom stereocenters. The largest absolute Gasteiger partial charge is 0.337 e. The van der Waals surface area contributed by atoms with Gasteiger partial charge in [0.05, 0.1) is 5.69 Å². The molecule has 1 aromatic carbocycles. The third-order valence-electron chi connectivity index (χ3n) is 6.27. The number of hydrogen-bond acceptors (Lipinski definition) is 7. The number of halogens is 1. The summed E-state index contributed by atoms with van der Waals surface area (Å²) in [6.07, 6.45) is 5.65. The Labute approximate surface area is 178 Å². The average molecular weight is 425 g/mol. The van der Waals surface area contributed by atoms with Crippen molar-refractivity contribution >= 4 is 17.6 Å². The van der Waals surface area contributed by atoms with Crippen molar-refractivity contribution in [3.63, 3.8) is 0 Å². The Morgan fingerprint density at radius 1 is 1.35 bits per heavy atom. The second-order valence-corrected chi connectivity index (χ2v) is 8.59. The molecule has 3 aliphatic rings. The van der Waals surface area contributed by atoms with E-state index in [1.54, 1.807) is 37.2 Å². The van der Waals surface area contributed by atoms with Crippen LogP contribution in [0.1, 0.15) is 49.0 Å². The maximum Gasteiger partial charge on any atom is 0.323 e. The molecule has 2 unspecified atom stereocenters. The van der Waals surface area contributed by atoms with E-state index < -0.39 is 11.4 Å². The number of aliphatic imine (C=N–C) groups is 1. The van der Waals surface area contributed by atoms with E-state index in [1.807, 2.05) is 0 Å². The lowest BCUT2D eigenvalue weighted by Gasteiger charge is -2.61. The number of anilines is 1. The number of nitrogens with one attached hydrogen (secondary N) is 3. The summed E-state index contributed by atoms with van der Waals surface area (Å²) in [6.45, 7) is 5.71. The molecular formula is C21H24FN7O2. The van der Waals surface area contributed by atoms with Crippen LogP contribution in [0.3, 0.4) is 0 Å². The maximum absolute atomic E-state index is 14.8. The number of hydrogen-bond donors (Lipinski definition) is 3. The lowest BCUT2D eigenvalue weighted by molar-refractivity contribution is -0.112. The third kappa shape index (κ3) is 3.13. The van der Waals surface area contributed by atoms with E-state index in [2.05, 4.69) is 38.2 Å². The molecular weight excluding hydrogens is 401 g/mol. The van der Waals surface area contributed by atoms with Gasteiger partial charge in [-0.1, -0.05) is 12.1 Å². The Hall–Kier alpha value is -3.43. The highest BCUT2D eigenvalue weighted by Crippen LogP contribution is 2.55. The molecule has 0 spiro atoms. The second kappa shape index (κ2) is 7.07. The number of benzene rings is 1. The molecule has 2 aromatic rings. The summed E-state index contributed by atoms with van der Waals surface area (Å²) in [6, 6.07) is 2.67. The predicted octanol–water partition coefficient (Wildman–Crippen LogP) is 3.08. The number of hydrazine groups is 1. The average Bonchev–Trinajstić information content (AvgIpc) is 3.17. The Balaban J connectivity index is 1.45. The zero-order valence-electron chi connectivity index (χ0n) is 17.6. The number of fused-ring (bicyclic) bond motifs is 2. The van der Waals surface area contributed by atoms with Gasteiger partial charge < -0.3 is 20.2 Å². The third-order valence-corrected chi connectivity index (χ3v) is 6.27. The Kier molecular flexibility index (Phi) is 4.45. The zero-order chi connectivity index (χ0) is 21.8. The van der Waals surface area contributed by atoms with Gasteiger partial charge in [-0.3, -0.25) is 5.43 Å². The van der Waals surface area contributed by atoms with Crippen LogP contribution in [0.25, 0.3) is 0 Å². The van der Waals surface area contributed by atoms with Crippen molar-refractivity contribution in [1.82, 2.24) is 25.9 Å². The first-order valence-corrected chi connectivity index (χ1v) is 10.3. The summed E-state index contributed by atoms with van der Waals surface area (Å²) in [7, 11) is 0. The zero-order valence-corrected chi connectivity index (χ0v) is 17.6. The number of rotatable bonds is 3. The van der Waals surface area contributed by atoms with Crippen LogP contribution in [0.4, 0.5) is 14.9 Å². The summed E-state index contributed by atoms with van der Waals surface area (Å²) < 4.78 is 20.2. The van der Waals surface area contributed by atoms with E-state index in [1.165, 1.54) is 6.07 Å². The minimum absolute atomic E-state index is 0.0580. The molecule has 2 bridgehead atoms. The molecule has 1 saturated carbocycles. The second-order valence-electron chi connectivity index (χ2n) is 8.59. The van der Waals surface area contributed by atoms with Gasteiger partial charge in [-0.05, 0) is 50.3 Å². The normalized spacial score (nSPS) is 26.5. The van der Waals surface area contributed by atoms with E-state index in [0.717, 1.165) is 19.3 Å². The quantitative estimate of drug-likeness (QED) is 0.698. The van der Waals surface area contributed by atoms with Gasteiger partial charge in [0.1, 0.15) is 11.4 Å². The molecule has 31 heavy (non-hydrogen) atoms. The van der Waals surface area contributed by atoms with Gasteiger partial charge in [0.2, 0.25) is 0 Å². The molecule has 5 rings (SSSR count). The van der Waals surface area contributed by atoms with Crippen molar-refractivity contribution in [2.75, 3.05) is 5.32 Å². The summed E-state index contributed by atoms with van der Waals surface area (Å²) in [5.74, 6) is 1.45. The Bertz CT molecular complexity index is 1110. The van der Waals surface area contributed by atoms with Gasteiger partial charge >= 0.3 is 6.03 Å². The number of amides is 2. The van der Waals surface area contributed by atoms with Crippen molar-refractivity contribution in [3.05, 3.63) is 53.2 Å². The molecule has 3 N–H and O–H groups in total. The molecule has 1 aliphatic carbocycles. The molecule has 2 aliphatic heterocycles. The minimum Gasteiger partial charge on any atom is -0.337 e. The van der Waals surface area contributed by atoms with Crippen molar-refractivity contribution in [2.45, 2.75) is 51.6 Å². The van der Waals surface area contributed by atoms with Crippen LogP contribution in [0.2, 0.25) is 0 Å². The molecule has 2 fully saturated rings. The number of urea groups is 1. The molecule has 1 saturated heterocycles. The van der Waals surface area contributed by atoms with Crippen LogP contribution in [0.5, 0.6) is 0 Å².